The van der Waals surface area contributed by atoms with Crippen molar-refractivity contribution < 1.29 is 9.53 Å². The van der Waals surface area contributed by atoms with E-state index in [2.05, 4.69) is 34.8 Å². The van der Waals surface area contributed by atoms with Gasteiger partial charge in [-0.05, 0) is 12.3 Å². The summed E-state index contributed by atoms with van der Waals surface area (Å²) in [5, 5.41) is 9.06. The summed E-state index contributed by atoms with van der Waals surface area (Å²) in [6.45, 7) is 6.58. The number of amides is 1. The van der Waals surface area contributed by atoms with Gasteiger partial charge >= 0.3 is 0 Å². The largest absolute Gasteiger partial charge is 0.383 e. The zero-order valence-corrected chi connectivity index (χ0v) is 16.7. The minimum absolute atomic E-state index is 0. The van der Waals surface area contributed by atoms with Crippen LogP contribution in [0.25, 0.3) is 0 Å². The Balaban J connectivity index is 0. The Kier molecular flexibility index (Phi) is 18.1. The van der Waals surface area contributed by atoms with E-state index >= 15 is 0 Å². The van der Waals surface area contributed by atoms with E-state index in [1.54, 1.807) is 14.2 Å². The summed E-state index contributed by atoms with van der Waals surface area (Å²) >= 11 is 0. The molecule has 0 saturated carbocycles. The van der Waals surface area contributed by atoms with E-state index in [9.17, 15) is 4.79 Å². The smallest absolute Gasteiger partial charge is 0.239 e. The summed E-state index contributed by atoms with van der Waals surface area (Å²) < 4.78 is 4.88. The van der Waals surface area contributed by atoms with Crippen molar-refractivity contribution in [2.45, 2.75) is 39.5 Å². The van der Waals surface area contributed by atoms with Gasteiger partial charge in [0, 0.05) is 27.2 Å². The maximum absolute atomic E-state index is 11.6. The summed E-state index contributed by atoms with van der Waals surface area (Å²) in [5.74, 6) is 1.26. The van der Waals surface area contributed by atoms with E-state index in [1.165, 1.54) is 19.3 Å². The standard InChI is InChI=1S/C15H32N4O2.HI/c1-5-7-8-13(6-2)11-18-15(16-3)19-12-14(20)17-9-10-21-4;/h13H,5-12H2,1-4H3,(H,17,20)(H2,16,18,19);1H. The van der Waals surface area contributed by atoms with E-state index in [4.69, 9.17) is 4.74 Å². The van der Waals surface area contributed by atoms with Gasteiger partial charge in [-0.15, -0.1) is 24.0 Å². The second kappa shape index (κ2) is 16.8. The summed E-state index contributed by atoms with van der Waals surface area (Å²) in [7, 11) is 3.32. The molecule has 0 aromatic heterocycles. The summed E-state index contributed by atoms with van der Waals surface area (Å²) in [4.78, 5) is 15.7. The first-order valence-corrected chi connectivity index (χ1v) is 7.88. The number of halogens is 1. The van der Waals surface area contributed by atoms with Gasteiger partial charge in [-0.2, -0.15) is 0 Å². The highest BCUT2D eigenvalue weighted by Gasteiger charge is 2.08. The maximum Gasteiger partial charge on any atom is 0.239 e. The third-order valence-corrected chi connectivity index (χ3v) is 3.37. The van der Waals surface area contributed by atoms with Gasteiger partial charge < -0.3 is 20.7 Å². The van der Waals surface area contributed by atoms with E-state index in [0.717, 1.165) is 13.0 Å². The van der Waals surface area contributed by atoms with E-state index in [1.807, 2.05) is 0 Å². The lowest BCUT2D eigenvalue weighted by Gasteiger charge is -2.17. The summed E-state index contributed by atoms with van der Waals surface area (Å²) in [5.41, 5.74) is 0. The van der Waals surface area contributed by atoms with Crippen molar-refractivity contribution in [1.82, 2.24) is 16.0 Å². The van der Waals surface area contributed by atoms with Crippen LogP contribution < -0.4 is 16.0 Å². The number of unbranched alkanes of at least 4 members (excludes halogenated alkanes) is 1. The van der Waals surface area contributed by atoms with E-state index in [0.29, 0.717) is 25.0 Å². The second-order valence-corrected chi connectivity index (χ2v) is 5.07. The lowest BCUT2D eigenvalue weighted by atomic mass is 9.99. The molecule has 0 aromatic carbocycles. The molecule has 0 aliphatic carbocycles. The Bertz CT molecular complexity index is 301. The number of ether oxygens (including phenoxy) is 1. The lowest BCUT2D eigenvalue weighted by Crippen LogP contribution is -2.44. The van der Waals surface area contributed by atoms with Gasteiger partial charge in [0.2, 0.25) is 5.91 Å². The van der Waals surface area contributed by atoms with Crippen molar-refractivity contribution in [3.05, 3.63) is 0 Å². The SMILES string of the molecule is CCCCC(CC)CNC(=NC)NCC(=O)NCCOC.I. The number of carbonyl (C=O) groups is 1. The fourth-order valence-corrected chi connectivity index (χ4v) is 1.92. The molecule has 0 radical (unpaired) electrons. The van der Waals surface area contributed by atoms with Crippen molar-refractivity contribution >= 4 is 35.8 Å². The predicted molar refractivity (Wildman–Crippen MR) is 103 cm³/mol. The summed E-state index contributed by atoms with van der Waals surface area (Å²) in [6.07, 6.45) is 4.87. The van der Waals surface area contributed by atoms with Crippen LogP contribution in [0, 0.1) is 5.92 Å². The number of hydrogen-bond acceptors (Lipinski definition) is 3. The zero-order chi connectivity index (χ0) is 15.9. The van der Waals surface area contributed by atoms with Crippen molar-refractivity contribution in [2.24, 2.45) is 10.9 Å². The number of aliphatic imine (C=N–C) groups is 1. The van der Waals surface area contributed by atoms with Gasteiger partial charge in [0.15, 0.2) is 5.96 Å². The fraction of sp³-hybridized carbons (Fsp3) is 0.867. The number of nitrogens with one attached hydrogen (secondary N) is 3. The van der Waals surface area contributed by atoms with Crippen molar-refractivity contribution in [3.63, 3.8) is 0 Å². The molecule has 6 nitrogen and oxygen atoms in total. The van der Waals surface area contributed by atoms with Crippen molar-refractivity contribution in [1.29, 1.82) is 0 Å². The van der Waals surface area contributed by atoms with E-state index in [-0.39, 0.29) is 36.4 Å². The van der Waals surface area contributed by atoms with Crippen LogP contribution >= 0.6 is 24.0 Å². The highest BCUT2D eigenvalue weighted by atomic mass is 127. The minimum atomic E-state index is -0.0620. The Morgan fingerprint density at radius 3 is 2.50 bits per heavy atom. The minimum Gasteiger partial charge on any atom is -0.383 e. The van der Waals surface area contributed by atoms with Crippen LogP contribution in [0.1, 0.15) is 39.5 Å². The van der Waals surface area contributed by atoms with Gasteiger partial charge in [0.25, 0.3) is 0 Å². The van der Waals surface area contributed by atoms with Gasteiger partial charge in [-0.3, -0.25) is 9.79 Å². The van der Waals surface area contributed by atoms with Crippen LogP contribution in [-0.4, -0.2) is 52.3 Å². The molecule has 0 aliphatic heterocycles. The number of methoxy groups -OCH3 is 1. The number of nitrogens with zero attached hydrogens (tertiary/aromatic N) is 1. The first kappa shape index (κ1) is 23.7. The van der Waals surface area contributed by atoms with Crippen LogP contribution in [0.3, 0.4) is 0 Å². The van der Waals surface area contributed by atoms with Gasteiger partial charge in [0.1, 0.15) is 0 Å². The molecule has 0 heterocycles. The molecule has 0 saturated heterocycles. The monoisotopic (exact) mass is 428 g/mol. The fourth-order valence-electron chi connectivity index (χ4n) is 1.92. The van der Waals surface area contributed by atoms with Crippen LogP contribution in [0.2, 0.25) is 0 Å². The Morgan fingerprint density at radius 2 is 1.95 bits per heavy atom. The van der Waals surface area contributed by atoms with Crippen molar-refractivity contribution in [2.75, 3.05) is 40.4 Å². The molecule has 0 fully saturated rings. The van der Waals surface area contributed by atoms with Gasteiger partial charge in [-0.1, -0.05) is 33.1 Å². The molecule has 0 aliphatic rings. The molecule has 3 N–H and O–H groups in total. The molecule has 22 heavy (non-hydrogen) atoms. The number of carbonyl (C=O) groups excluding carboxylic acids is 1. The molecule has 1 atom stereocenters. The molecule has 0 spiro atoms. The number of rotatable bonds is 11. The molecule has 132 valence electrons. The van der Waals surface area contributed by atoms with Gasteiger partial charge in [-0.25, -0.2) is 0 Å². The molecule has 1 amide bonds. The third-order valence-electron chi connectivity index (χ3n) is 3.37. The molecule has 7 heteroatoms. The molecular weight excluding hydrogens is 395 g/mol. The topological polar surface area (TPSA) is 74.8 Å². The Morgan fingerprint density at radius 1 is 1.23 bits per heavy atom. The molecule has 0 rings (SSSR count). The van der Waals surface area contributed by atoms with Crippen molar-refractivity contribution in [3.8, 4) is 0 Å². The van der Waals surface area contributed by atoms with E-state index < -0.39 is 0 Å². The Hall–Kier alpha value is -0.570. The lowest BCUT2D eigenvalue weighted by molar-refractivity contribution is -0.120. The highest BCUT2D eigenvalue weighted by Crippen LogP contribution is 2.10. The maximum atomic E-state index is 11.6. The van der Waals surface area contributed by atoms with Crippen LogP contribution in [0.5, 0.6) is 0 Å². The molecule has 0 bridgehead atoms. The molecule has 1 unspecified atom stereocenters. The number of guanidine groups is 1. The third kappa shape index (κ3) is 13.1. The molecule has 0 aromatic rings. The quantitative estimate of drug-likeness (QED) is 0.203. The number of hydrogen-bond donors (Lipinski definition) is 3. The first-order chi connectivity index (χ1) is 10.2. The normalized spacial score (nSPS) is 12.3. The van der Waals surface area contributed by atoms with Crippen LogP contribution in [0.15, 0.2) is 4.99 Å². The summed E-state index contributed by atoms with van der Waals surface area (Å²) in [6, 6.07) is 0. The predicted octanol–water partition coefficient (Wildman–Crippen LogP) is 1.75. The second-order valence-electron chi connectivity index (χ2n) is 5.07. The van der Waals surface area contributed by atoms with Gasteiger partial charge in [0.05, 0.1) is 13.2 Å². The first-order valence-electron chi connectivity index (χ1n) is 7.88. The zero-order valence-electron chi connectivity index (χ0n) is 14.4. The average Bonchev–Trinajstić information content (AvgIpc) is 2.50. The van der Waals surface area contributed by atoms with Crippen LogP contribution in [0.4, 0.5) is 0 Å². The molecular formula is C15H33IN4O2. The highest BCUT2D eigenvalue weighted by molar-refractivity contribution is 14.0. The average molecular weight is 428 g/mol. The van der Waals surface area contributed by atoms with Crippen LogP contribution in [-0.2, 0) is 9.53 Å². The Labute approximate surface area is 152 Å².